The van der Waals surface area contributed by atoms with Crippen LogP contribution in [0, 0.1) is 0 Å². The van der Waals surface area contributed by atoms with E-state index >= 15 is 0 Å². The number of para-hydroxylation sites is 2. The van der Waals surface area contributed by atoms with E-state index in [4.69, 9.17) is 4.74 Å². The van der Waals surface area contributed by atoms with Gasteiger partial charge in [0.05, 0.1) is 23.1 Å². The number of aromatic nitrogens is 4. The second-order valence-electron chi connectivity index (χ2n) is 7.55. The zero-order chi connectivity index (χ0) is 21.8. The van der Waals surface area contributed by atoms with Gasteiger partial charge >= 0.3 is 0 Å². The summed E-state index contributed by atoms with van der Waals surface area (Å²) in [5.41, 5.74) is 4.37. The number of benzene rings is 2. The van der Waals surface area contributed by atoms with Gasteiger partial charge in [-0.25, -0.2) is 9.97 Å². The molecular formula is C25H23N5O2. The maximum atomic E-state index is 12.6. The molecule has 3 aromatic heterocycles. The number of amides is 1. The molecule has 2 aromatic carbocycles. The number of carbonyl (C=O) groups excluding carboxylic acids is 1. The first kappa shape index (κ1) is 19.8. The highest BCUT2D eigenvalue weighted by atomic mass is 16.5. The van der Waals surface area contributed by atoms with E-state index < -0.39 is 0 Å². The van der Waals surface area contributed by atoms with Crippen LogP contribution in [0.5, 0.6) is 5.75 Å². The molecular weight excluding hydrogens is 402 g/mol. The number of aryl methyl sites for hydroxylation is 1. The third-order valence-electron chi connectivity index (χ3n) is 5.29. The number of hydrogen-bond acceptors (Lipinski definition) is 4. The third kappa shape index (κ3) is 4.32. The van der Waals surface area contributed by atoms with Crippen LogP contribution >= 0.6 is 0 Å². The van der Waals surface area contributed by atoms with E-state index in [1.807, 2.05) is 71.7 Å². The van der Waals surface area contributed by atoms with Gasteiger partial charge in [0.2, 0.25) is 0 Å². The summed E-state index contributed by atoms with van der Waals surface area (Å²) < 4.78 is 9.92. The lowest BCUT2D eigenvalue weighted by atomic mass is 10.2. The number of imidazole rings is 2. The topological polar surface area (TPSA) is 73.5 Å². The Morgan fingerprint density at radius 3 is 2.88 bits per heavy atom. The molecule has 3 heterocycles. The van der Waals surface area contributed by atoms with Crippen molar-refractivity contribution in [1.29, 1.82) is 0 Å². The molecule has 5 aromatic rings. The molecule has 5 rings (SSSR count). The normalized spacial score (nSPS) is 11.1. The Hall–Kier alpha value is -4.13. The molecule has 0 unspecified atom stereocenters. The summed E-state index contributed by atoms with van der Waals surface area (Å²) in [6.07, 6.45) is 6.55. The summed E-state index contributed by atoms with van der Waals surface area (Å²) in [7, 11) is 0. The van der Waals surface area contributed by atoms with Crippen molar-refractivity contribution >= 4 is 22.6 Å². The van der Waals surface area contributed by atoms with Crippen LogP contribution in [0.25, 0.3) is 16.7 Å². The summed E-state index contributed by atoms with van der Waals surface area (Å²) in [6, 6.07) is 21.1. The van der Waals surface area contributed by atoms with Crippen molar-refractivity contribution in [2.24, 2.45) is 0 Å². The summed E-state index contributed by atoms with van der Waals surface area (Å²) >= 11 is 0. The van der Waals surface area contributed by atoms with Crippen molar-refractivity contribution in [1.82, 2.24) is 24.3 Å². The Bertz CT molecular complexity index is 1340. The Balaban J connectivity index is 1.13. The molecule has 1 N–H and O–H groups in total. The number of fused-ring (bicyclic) bond motifs is 2. The molecule has 0 fully saturated rings. The quantitative estimate of drug-likeness (QED) is 0.380. The molecule has 0 atom stereocenters. The van der Waals surface area contributed by atoms with E-state index in [-0.39, 0.29) is 5.91 Å². The number of pyridine rings is 1. The number of rotatable bonds is 8. The summed E-state index contributed by atoms with van der Waals surface area (Å²) in [5.74, 6) is 0.526. The Morgan fingerprint density at radius 2 is 1.94 bits per heavy atom. The number of nitrogens with one attached hydrogen (secondary N) is 1. The van der Waals surface area contributed by atoms with Crippen molar-refractivity contribution in [2.45, 2.75) is 19.6 Å². The lowest BCUT2D eigenvalue weighted by molar-refractivity contribution is 0.0952. The van der Waals surface area contributed by atoms with Crippen LogP contribution in [0.3, 0.4) is 0 Å². The van der Waals surface area contributed by atoms with E-state index in [9.17, 15) is 4.79 Å². The van der Waals surface area contributed by atoms with Crippen molar-refractivity contribution in [3.63, 3.8) is 0 Å². The molecule has 0 bridgehead atoms. The van der Waals surface area contributed by atoms with E-state index in [1.165, 1.54) is 0 Å². The van der Waals surface area contributed by atoms with Crippen LogP contribution in [-0.4, -0.2) is 31.4 Å². The van der Waals surface area contributed by atoms with Crippen LogP contribution in [0.15, 0.2) is 85.5 Å². The first-order valence-electron chi connectivity index (χ1n) is 10.6. The Morgan fingerprint density at radius 1 is 1.03 bits per heavy atom. The Labute approximate surface area is 185 Å². The van der Waals surface area contributed by atoms with Crippen LogP contribution in [0.1, 0.15) is 22.5 Å². The van der Waals surface area contributed by atoms with Gasteiger partial charge in [-0.3, -0.25) is 4.79 Å². The van der Waals surface area contributed by atoms with E-state index in [2.05, 4.69) is 25.9 Å². The predicted molar refractivity (Wildman–Crippen MR) is 123 cm³/mol. The van der Waals surface area contributed by atoms with Gasteiger partial charge < -0.3 is 19.0 Å². The molecule has 7 heteroatoms. The summed E-state index contributed by atoms with van der Waals surface area (Å²) in [6.45, 7) is 1.71. The highest BCUT2D eigenvalue weighted by molar-refractivity contribution is 5.94. The second-order valence-corrected chi connectivity index (χ2v) is 7.55. The second kappa shape index (κ2) is 8.93. The number of nitrogens with zero attached hydrogens (tertiary/aromatic N) is 4. The smallest absolute Gasteiger partial charge is 0.251 e. The largest absolute Gasteiger partial charge is 0.487 e. The summed E-state index contributed by atoms with van der Waals surface area (Å²) in [5, 5.41) is 2.98. The standard InChI is InChI=1S/C25H23N5O2/c31-25(26-12-6-14-30-18-27-22-9-1-2-10-23(22)30)19-7-5-8-21(15-19)32-17-20-16-29-13-4-3-11-24(29)28-20/h1-5,7-11,13,15-16,18H,6,12,14,17H2,(H,26,31). The SMILES string of the molecule is O=C(NCCCn1cnc2ccccc21)c1cccc(OCc2cn3ccccc3n2)c1. The lowest BCUT2D eigenvalue weighted by Crippen LogP contribution is -2.25. The molecule has 0 saturated heterocycles. The van der Waals surface area contributed by atoms with Gasteiger partial charge in [0.25, 0.3) is 5.91 Å². The van der Waals surface area contributed by atoms with E-state index in [0.29, 0.717) is 24.5 Å². The fourth-order valence-corrected chi connectivity index (χ4v) is 3.68. The third-order valence-corrected chi connectivity index (χ3v) is 5.29. The number of carbonyl (C=O) groups is 1. The van der Waals surface area contributed by atoms with Crippen LogP contribution < -0.4 is 10.1 Å². The maximum Gasteiger partial charge on any atom is 0.251 e. The fourth-order valence-electron chi connectivity index (χ4n) is 3.68. The summed E-state index contributed by atoms with van der Waals surface area (Å²) in [4.78, 5) is 21.5. The van der Waals surface area contributed by atoms with E-state index in [1.54, 1.807) is 12.1 Å². The molecule has 1 amide bonds. The van der Waals surface area contributed by atoms with Gasteiger partial charge in [0.1, 0.15) is 18.0 Å². The molecule has 0 radical (unpaired) electrons. The highest BCUT2D eigenvalue weighted by Gasteiger charge is 2.08. The average Bonchev–Trinajstić information content (AvgIpc) is 3.44. The van der Waals surface area contributed by atoms with Crippen LogP contribution in [-0.2, 0) is 13.2 Å². The lowest BCUT2D eigenvalue weighted by Gasteiger charge is -2.09. The van der Waals surface area contributed by atoms with E-state index in [0.717, 1.165) is 35.3 Å². The molecule has 0 saturated carbocycles. The fraction of sp³-hybridized carbons (Fsp3) is 0.160. The molecule has 0 aliphatic carbocycles. The van der Waals surface area contributed by atoms with Gasteiger partial charge in [-0.15, -0.1) is 0 Å². The molecule has 0 aliphatic rings. The monoisotopic (exact) mass is 425 g/mol. The van der Waals surface area contributed by atoms with Crippen molar-refractivity contribution in [2.75, 3.05) is 6.54 Å². The maximum absolute atomic E-state index is 12.6. The minimum absolute atomic E-state index is 0.112. The number of hydrogen-bond donors (Lipinski definition) is 1. The van der Waals surface area contributed by atoms with Gasteiger partial charge in [-0.1, -0.05) is 24.3 Å². The zero-order valence-electron chi connectivity index (χ0n) is 17.5. The van der Waals surface area contributed by atoms with Crippen LogP contribution in [0.2, 0.25) is 0 Å². The Kier molecular flexibility index (Phi) is 5.53. The van der Waals surface area contributed by atoms with Crippen LogP contribution in [0.4, 0.5) is 0 Å². The predicted octanol–water partition coefficient (Wildman–Crippen LogP) is 4.08. The molecule has 32 heavy (non-hydrogen) atoms. The van der Waals surface area contributed by atoms with Gasteiger partial charge in [0, 0.05) is 31.0 Å². The molecule has 0 aliphatic heterocycles. The van der Waals surface area contributed by atoms with Gasteiger partial charge in [-0.2, -0.15) is 0 Å². The van der Waals surface area contributed by atoms with Crippen molar-refractivity contribution in [3.8, 4) is 5.75 Å². The highest BCUT2D eigenvalue weighted by Crippen LogP contribution is 2.16. The first-order chi connectivity index (χ1) is 15.8. The number of ether oxygens (including phenoxy) is 1. The molecule has 7 nitrogen and oxygen atoms in total. The minimum Gasteiger partial charge on any atom is -0.487 e. The average molecular weight is 425 g/mol. The van der Waals surface area contributed by atoms with Gasteiger partial charge in [-0.05, 0) is 48.9 Å². The van der Waals surface area contributed by atoms with Gasteiger partial charge in [0.15, 0.2) is 0 Å². The molecule has 160 valence electrons. The minimum atomic E-state index is -0.112. The zero-order valence-corrected chi connectivity index (χ0v) is 17.5. The first-order valence-corrected chi connectivity index (χ1v) is 10.6. The molecule has 0 spiro atoms. The van der Waals surface area contributed by atoms with Crippen molar-refractivity contribution < 1.29 is 9.53 Å². The van der Waals surface area contributed by atoms with Crippen molar-refractivity contribution in [3.05, 3.63) is 96.7 Å².